The van der Waals surface area contributed by atoms with Crippen molar-refractivity contribution in [2.75, 3.05) is 13.2 Å². The lowest BCUT2D eigenvalue weighted by atomic mass is 9.98. The zero-order valence-electron chi connectivity index (χ0n) is 35.4. The highest BCUT2D eigenvalue weighted by molar-refractivity contribution is 5.80. The van der Waals surface area contributed by atoms with E-state index in [1.807, 2.05) is 0 Å². The maximum Gasteiger partial charge on any atom is 0.249 e. The molecule has 0 aromatic carbocycles. The van der Waals surface area contributed by atoms with E-state index in [0.29, 0.717) is 12.8 Å². The Kier molecular flexibility index (Phi) is 33.4. The highest BCUT2D eigenvalue weighted by Gasteiger charge is 2.44. The molecule has 11 nitrogen and oxygen atoms in total. The van der Waals surface area contributed by atoms with E-state index in [2.05, 4.69) is 43.5 Å². The topological polar surface area (TPSA) is 189 Å². The SMILES string of the molecule is CCCCCCCC/C=C/CCCC(O)C(O)C(COC1OC(CO)C(O)C(O)C1O)NC(=O)C(O)CCCCCCCC/C=C\CCCCCCCCCC. The van der Waals surface area contributed by atoms with Crippen LogP contribution in [-0.4, -0.2) is 110 Å². The van der Waals surface area contributed by atoms with E-state index in [4.69, 9.17) is 9.47 Å². The quantitative estimate of drug-likeness (QED) is 0.0239. The monoisotopic (exact) mass is 800 g/mol. The van der Waals surface area contributed by atoms with Crippen LogP contribution in [0.25, 0.3) is 0 Å². The third-order valence-corrected chi connectivity index (χ3v) is 11.0. The molecule has 8 N–H and O–H groups in total. The van der Waals surface area contributed by atoms with Gasteiger partial charge in [-0.2, -0.15) is 0 Å². The molecular formula is C45H85NO10. The molecule has 9 atom stereocenters. The molecule has 11 heteroatoms. The molecular weight excluding hydrogens is 714 g/mol. The molecule has 0 spiro atoms. The van der Waals surface area contributed by atoms with Crippen molar-refractivity contribution in [2.24, 2.45) is 0 Å². The van der Waals surface area contributed by atoms with Gasteiger partial charge in [0.25, 0.3) is 0 Å². The van der Waals surface area contributed by atoms with Gasteiger partial charge in [0.1, 0.15) is 36.6 Å². The standard InChI is InChI=1S/C45H85NO10/c1-3-5-7-9-11-13-15-16-17-18-19-20-21-23-25-27-29-31-33-38(49)44(54)46-36(35-55-45-43(53)42(52)41(51)39(34-47)56-45)40(50)37(48)32-30-28-26-24-22-14-12-10-8-6-4-2/h18-19,24,26,36-43,45,47-53H,3-17,20-23,25,27-35H2,1-2H3,(H,46,54)/b19-18-,26-24+. The first-order valence-corrected chi connectivity index (χ1v) is 22.7. The molecule has 1 aliphatic heterocycles. The minimum Gasteiger partial charge on any atom is -0.394 e. The van der Waals surface area contributed by atoms with Gasteiger partial charge in [-0.1, -0.05) is 147 Å². The highest BCUT2D eigenvalue weighted by atomic mass is 16.7. The van der Waals surface area contributed by atoms with Gasteiger partial charge in [0.05, 0.1) is 25.4 Å². The molecule has 9 unspecified atom stereocenters. The Labute approximate surface area is 340 Å². The summed E-state index contributed by atoms with van der Waals surface area (Å²) >= 11 is 0. The minimum atomic E-state index is -1.67. The number of hydrogen-bond acceptors (Lipinski definition) is 10. The summed E-state index contributed by atoms with van der Waals surface area (Å²) in [6.45, 7) is 3.39. The van der Waals surface area contributed by atoms with Crippen LogP contribution in [0.1, 0.15) is 187 Å². The van der Waals surface area contributed by atoms with Gasteiger partial charge in [-0.25, -0.2) is 0 Å². The van der Waals surface area contributed by atoms with Crippen LogP contribution in [0.4, 0.5) is 0 Å². The summed E-state index contributed by atoms with van der Waals surface area (Å²) < 4.78 is 11.0. The average Bonchev–Trinajstić information content (AvgIpc) is 3.20. The molecule has 1 aliphatic rings. The van der Waals surface area contributed by atoms with E-state index < -0.39 is 74.2 Å². The van der Waals surface area contributed by atoms with Gasteiger partial charge in [-0.3, -0.25) is 4.79 Å². The number of carbonyl (C=O) groups excluding carboxylic acids is 1. The summed E-state index contributed by atoms with van der Waals surface area (Å²) in [7, 11) is 0. The molecule has 1 amide bonds. The van der Waals surface area contributed by atoms with Gasteiger partial charge >= 0.3 is 0 Å². The fourth-order valence-electron chi connectivity index (χ4n) is 7.14. The Morgan fingerprint density at radius 2 is 1.05 bits per heavy atom. The summed E-state index contributed by atoms with van der Waals surface area (Å²) in [5.41, 5.74) is 0. The molecule has 1 saturated heterocycles. The number of allylic oxidation sites excluding steroid dienone is 4. The summed E-state index contributed by atoms with van der Waals surface area (Å²) in [5, 5.41) is 75.4. The van der Waals surface area contributed by atoms with Crippen molar-refractivity contribution in [3.05, 3.63) is 24.3 Å². The molecule has 0 aromatic heterocycles. The Morgan fingerprint density at radius 1 is 0.607 bits per heavy atom. The number of aliphatic hydroxyl groups excluding tert-OH is 7. The van der Waals surface area contributed by atoms with Gasteiger partial charge < -0.3 is 50.5 Å². The van der Waals surface area contributed by atoms with Crippen LogP contribution in [0.3, 0.4) is 0 Å². The molecule has 56 heavy (non-hydrogen) atoms. The molecule has 0 aromatic rings. The van der Waals surface area contributed by atoms with Crippen LogP contribution in [0, 0.1) is 0 Å². The van der Waals surface area contributed by atoms with Crippen molar-refractivity contribution in [3.8, 4) is 0 Å². The molecule has 0 bridgehead atoms. The lowest BCUT2D eigenvalue weighted by Crippen LogP contribution is -2.60. The van der Waals surface area contributed by atoms with Crippen molar-refractivity contribution in [2.45, 2.75) is 242 Å². The van der Waals surface area contributed by atoms with Crippen LogP contribution >= 0.6 is 0 Å². The van der Waals surface area contributed by atoms with E-state index in [1.54, 1.807) is 0 Å². The van der Waals surface area contributed by atoms with E-state index >= 15 is 0 Å². The van der Waals surface area contributed by atoms with Crippen LogP contribution in [0.2, 0.25) is 0 Å². The number of nitrogens with one attached hydrogen (secondary N) is 1. The summed E-state index contributed by atoms with van der Waals surface area (Å²) in [6, 6.07) is -1.18. The molecule has 0 saturated carbocycles. The summed E-state index contributed by atoms with van der Waals surface area (Å²) in [6.07, 6.45) is 26.6. The van der Waals surface area contributed by atoms with Gasteiger partial charge in [0.2, 0.25) is 5.91 Å². The van der Waals surface area contributed by atoms with E-state index in [9.17, 15) is 40.5 Å². The maximum atomic E-state index is 13.1. The molecule has 330 valence electrons. The number of unbranched alkanes of at least 4 members (excludes halogenated alkanes) is 21. The lowest BCUT2D eigenvalue weighted by Gasteiger charge is -2.40. The zero-order valence-corrected chi connectivity index (χ0v) is 35.4. The van der Waals surface area contributed by atoms with Gasteiger partial charge in [0, 0.05) is 0 Å². The number of hydrogen-bond donors (Lipinski definition) is 8. The second kappa shape index (κ2) is 35.5. The number of aliphatic hydroxyl groups is 7. The van der Waals surface area contributed by atoms with Gasteiger partial charge in [0.15, 0.2) is 6.29 Å². The largest absolute Gasteiger partial charge is 0.394 e. The number of rotatable bonds is 37. The lowest BCUT2D eigenvalue weighted by molar-refractivity contribution is -0.303. The van der Waals surface area contributed by atoms with Crippen molar-refractivity contribution in [3.63, 3.8) is 0 Å². The summed E-state index contributed by atoms with van der Waals surface area (Å²) in [5.74, 6) is -0.713. The number of amides is 1. The fraction of sp³-hybridized carbons (Fsp3) is 0.889. The van der Waals surface area contributed by atoms with Gasteiger partial charge in [-0.15, -0.1) is 0 Å². The first kappa shape index (κ1) is 52.6. The molecule has 0 radical (unpaired) electrons. The summed E-state index contributed by atoms with van der Waals surface area (Å²) in [4.78, 5) is 13.1. The molecule has 1 fully saturated rings. The maximum absolute atomic E-state index is 13.1. The third kappa shape index (κ3) is 25.2. The third-order valence-electron chi connectivity index (χ3n) is 11.0. The fourth-order valence-corrected chi connectivity index (χ4v) is 7.14. The molecule has 0 aliphatic carbocycles. The molecule has 1 heterocycles. The smallest absolute Gasteiger partial charge is 0.249 e. The number of ether oxygens (including phenoxy) is 2. The Bertz CT molecular complexity index is 965. The van der Waals surface area contributed by atoms with Crippen LogP contribution < -0.4 is 5.32 Å². The van der Waals surface area contributed by atoms with Crippen molar-refractivity contribution < 1.29 is 50.0 Å². The second-order valence-corrected chi connectivity index (χ2v) is 16.1. The Balaban J connectivity index is 2.46. The predicted octanol–water partition coefficient (Wildman–Crippen LogP) is 7.06. The van der Waals surface area contributed by atoms with Crippen LogP contribution in [0.5, 0.6) is 0 Å². The normalized spacial score (nSPS) is 22.5. The van der Waals surface area contributed by atoms with Crippen molar-refractivity contribution >= 4 is 5.91 Å². The van der Waals surface area contributed by atoms with Crippen molar-refractivity contribution in [1.29, 1.82) is 0 Å². The second-order valence-electron chi connectivity index (χ2n) is 16.1. The van der Waals surface area contributed by atoms with E-state index in [0.717, 1.165) is 57.8 Å². The highest BCUT2D eigenvalue weighted by Crippen LogP contribution is 2.23. The number of carbonyl (C=O) groups is 1. The van der Waals surface area contributed by atoms with E-state index in [1.165, 1.54) is 89.9 Å². The zero-order chi connectivity index (χ0) is 41.2. The first-order chi connectivity index (χ1) is 27.2. The van der Waals surface area contributed by atoms with Crippen LogP contribution in [0.15, 0.2) is 24.3 Å². The van der Waals surface area contributed by atoms with Gasteiger partial charge in [-0.05, 0) is 64.2 Å². The minimum absolute atomic E-state index is 0.247. The Hall–Kier alpha value is -1.41. The average molecular weight is 800 g/mol. The van der Waals surface area contributed by atoms with Crippen molar-refractivity contribution in [1.82, 2.24) is 5.32 Å². The van der Waals surface area contributed by atoms with Crippen LogP contribution in [-0.2, 0) is 14.3 Å². The predicted molar refractivity (Wildman–Crippen MR) is 224 cm³/mol. The first-order valence-electron chi connectivity index (χ1n) is 22.7. The Morgan fingerprint density at radius 3 is 1.54 bits per heavy atom. The van der Waals surface area contributed by atoms with E-state index in [-0.39, 0.29) is 12.8 Å². The molecule has 1 rings (SSSR count).